The van der Waals surface area contributed by atoms with Gasteiger partial charge in [-0.1, -0.05) is 43.0 Å². The lowest BCUT2D eigenvalue weighted by atomic mass is 9.79. The van der Waals surface area contributed by atoms with Crippen molar-refractivity contribution in [2.24, 2.45) is 4.99 Å². The van der Waals surface area contributed by atoms with E-state index in [9.17, 15) is 0 Å². The highest BCUT2D eigenvalue weighted by Gasteiger charge is 2.40. The van der Waals surface area contributed by atoms with Gasteiger partial charge in [-0.25, -0.2) is 9.98 Å². The van der Waals surface area contributed by atoms with Crippen molar-refractivity contribution in [1.82, 2.24) is 10.3 Å². The van der Waals surface area contributed by atoms with Gasteiger partial charge in [0, 0.05) is 17.8 Å². The van der Waals surface area contributed by atoms with E-state index < -0.39 is 0 Å². The Kier molecular flexibility index (Phi) is 4.15. The van der Waals surface area contributed by atoms with E-state index in [2.05, 4.69) is 27.8 Å². The molecule has 0 bridgehead atoms. The van der Waals surface area contributed by atoms with Crippen molar-refractivity contribution in [2.45, 2.75) is 44.2 Å². The Hall–Kier alpha value is -2.07. The third-order valence-electron chi connectivity index (χ3n) is 4.89. The van der Waals surface area contributed by atoms with Gasteiger partial charge in [0.05, 0.1) is 11.2 Å². The topological polar surface area (TPSA) is 49.3 Å². The van der Waals surface area contributed by atoms with Gasteiger partial charge in [-0.3, -0.25) is 0 Å². The number of aromatic nitrogens is 1. The fourth-order valence-corrected chi connectivity index (χ4v) is 3.88. The maximum Gasteiger partial charge on any atom is 0.177 e. The summed E-state index contributed by atoms with van der Waals surface area (Å²) in [6.07, 6.45) is 7.73. The molecule has 5 heteroatoms. The van der Waals surface area contributed by atoms with E-state index in [4.69, 9.17) is 16.6 Å². The van der Waals surface area contributed by atoms with Crippen LogP contribution in [0.25, 0.3) is 0 Å². The summed E-state index contributed by atoms with van der Waals surface area (Å²) in [7, 11) is 0. The number of nitrogens with zero attached hydrogens (tertiary/aromatic N) is 2. The van der Waals surface area contributed by atoms with Gasteiger partial charge < -0.3 is 10.6 Å². The first-order valence-corrected chi connectivity index (χ1v) is 8.94. The van der Waals surface area contributed by atoms with Gasteiger partial charge in [0.25, 0.3) is 0 Å². The Morgan fingerprint density at radius 2 is 2.00 bits per heavy atom. The predicted molar refractivity (Wildman–Crippen MR) is 99.1 cm³/mol. The maximum atomic E-state index is 6.10. The van der Waals surface area contributed by atoms with Gasteiger partial charge in [0.15, 0.2) is 5.82 Å². The second-order valence-electron chi connectivity index (χ2n) is 6.59. The molecular weight excluding hydrogens is 320 g/mol. The molecular formula is C19H21ClN4. The molecule has 1 aliphatic carbocycles. The molecule has 2 N–H and O–H groups in total. The van der Waals surface area contributed by atoms with Gasteiger partial charge >= 0.3 is 0 Å². The first-order valence-electron chi connectivity index (χ1n) is 8.56. The van der Waals surface area contributed by atoms with Crippen LogP contribution in [0.3, 0.4) is 0 Å². The molecule has 1 aromatic heterocycles. The maximum absolute atomic E-state index is 6.10. The summed E-state index contributed by atoms with van der Waals surface area (Å²) in [4.78, 5) is 9.26. The van der Waals surface area contributed by atoms with Crippen LogP contribution in [0.4, 0.5) is 11.5 Å². The number of fused-ring (bicyclic) bond motifs is 1. The van der Waals surface area contributed by atoms with Gasteiger partial charge in [-0.05, 0) is 42.7 Å². The molecule has 4 rings (SSSR count). The van der Waals surface area contributed by atoms with Crippen molar-refractivity contribution in [1.29, 1.82) is 0 Å². The molecule has 0 radical (unpaired) electrons. The van der Waals surface area contributed by atoms with Gasteiger partial charge in [0.2, 0.25) is 0 Å². The van der Waals surface area contributed by atoms with Crippen molar-refractivity contribution in [2.75, 3.05) is 5.32 Å². The van der Waals surface area contributed by atoms with E-state index in [0.29, 0.717) is 6.54 Å². The minimum absolute atomic E-state index is 0.0904. The second-order valence-corrected chi connectivity index (χ2v) is 7.02. The lowest BCUT2D eigenvalue weighted by Gasteiger charge is -2.42. The van der Waals surface area contributed by atoms with E-state index >= 15 is 0 Å². The van der Waals surface area contributed by atoms with Crippen LogP contribution in [0, 0.1) is 0 Å². The molecule has 1 spiro atoms. The lowest BCUT2D eigenvalue weighted by Crippen LogP contribution is -2.54. The first kappa shape index (κ1) is 15.5. The van der Waals surface area contributed by atoms with E-state index in [-0.39, 0.29) is 5.54 Å². The van der Waals surface area contributed by atoms with Gasteiger partial charge in [-0.15, -0.1) is 0 Å². The number of nitrogens with one attached hydrogen (secondary N) is 2. The van der Waals surface area contributed by atoms with Crippen molar-refractivity contribution < 1.29 is 0 Å². The number of aliphatic imine (C=N–C) groups is 1. The van der Waals surface area contributed by atoms with Crippen LogP contribution in [0.2, 0.25) is 5.02 Å². The smallest absolute Gasteiger partial charge is 0.177 e. The molecule has 4 nitrogen and oxygen atoms in total. The Balaban J connectivity index is 1.63. The van der Waals surface area contributed by atoms with Crippen molar-refractivity contribution in [3.8, 4) is 0 Å². The molecule has 2 aliphatic rings. The van der Waals surface area contributed by atoms with Crippen molar-refractivity contribution in [3.63, 3.8) is 0 Å². The SMILES string of the molecule is Clc1cccc(CNC2=Nc3ncccc3NC23CCCCC3)c1. The van der Waals surface area contributed by atoms with Crippen LogP contribution in [0.1, 0.15) is 37.7 Å². The Labute approximate surface area is 147 Å². The van der Waals surface area contributed by atoms with E-state index in [0.717, 1.165) is 40.8 Å². The number of hydrogen-bond acceptors (Lipinski definition) is 4. The molecule has 1 aromatic carbocycles. The minimum atomic E-state index is -0.0904. The monoisotopic (exact) mass is 340 g/mol. The van der Waals surface area contributed by atoms with E-state index in [1.165, 1.54) is 19.3 Å². The van der Waals surface area contributed by atoms with Crippen LogP contribution in [0.5, 0.6) is 0 Å². The highest BCUT2D eigenvalue weighted by molar-refractivity contribution is 6.30. The van der Waals surface area contributed by atoms with Crippen LogP contribution < -0.4 is 10.6 Å². The standard InChI is InChI=1S/C19H21ClN4/c20-15-7-4-6-14(12-15)13-22-18-19(9-2-1-3-10-19)24-16-8-5-11-21-17(16)23-18/h4-8,11-12,24H,1-3,9-10,13H2,(H,21,22,23). The van der Waals surface area contributed by atoms with Crippen LogP contribution in [-0.4, -0.2) is 16.4 Å². The third-order valence-corrected chi connectivity index (χ3v) is 5.12. The van der Waals surface area contributed by atoms with Crippen LogP contribution in [-0.2, 0) is 6.54 Å². The van der Waals surface area contributed by atoms with Crippen LogP contribution >= 0.6 is 11.6 Å². The average Bonchev–Trinajstić information content (AvgIpc) is 2.61. The molecule has 0 unspecified atom stereocenters. The molecule has 0 saturated heterocycles. The van der Waals surface area contributed by atoms with Crippen molar-refractivity contribution in [3.05, 3.63) is 53.2 Å². The Morgan fingerprint density at radius 3 is 2.83 bits per heavy atom. The largest absolute Gasteiger partial charge is 0.370 e. The number of benzene rings is 1. The zero-order chi connectivity index (χ0) is 16.4. The van der Waals surface area contributed by atoms with Crippen LogP contribution in [0.15, 0.2) is 47.6 Å². The quantitative estimate of drug-likeness (QED) is 0.834. The molecule has 0 atom stereocenters. The van der Waals surface area contributed by atoms with Gasteiger partial charge in [0.1, 0.15) is 5.84 Å². The normalized spacial score (nSPS) is 18.5. The fourth-order valence-electron chi connectivity index (χ4n) is 3.67. The van der Waals surface area contributed by atoms with E-state index in [1.54, 1.807) is 6.20 Å². The number of anilines is 1. The number of halogens is 1. The number of pyridine rings is 1. The van der Waals surface area contributed by atoms with Crippen molar-refractivity contribution >= 4 is 28.9 Å². The predicted octanol–water partition coefficient (Wildman–Crippen LogP) is 4.68. The number of rotatable bonds is 2. The third kappa shape index (κ3) is 2.98. The summed E-state index contributed by atoms with van der Waals surface area (Å²) in [5, 5.41) is 8.05. The highest BCUT2D eigenvalue weighted by Crippen LogP contribution is 2.39. The summed E-state index contributed by atoms with van der Waals surface area (Å²) in [5.74, 6) is 1.77. The summed E-state index contributed by atoms with van der Waals surface area (Å²) in [5.41, 5.74) is 2.10. The molecule has 1 fully saturated rings. The average molecular weight is 341 g/mol. The lowest BCUT2D eigenvalue weighted by molar-refractivity contribution is 0.396. The molecule has 1 saturated carbocycles. The number of amidine groups is 1. The Morgan fingerprint density at radius 1 is 1.12 bits per heavy atom. The zero-order valence-corrected chi connectivity index (χ0v) is 14.3. The zero-order valence-electron chi connectivity index (χ0n) is 13.6. The molecule has 2 heterocycles. The van der Waals surface area contributed by atoms with E-state index in [1.807, 2.05) is 24.3 Å². The van der Waals surface area contributed by atoms with Gasteiger partial charge in [-0.2, -0.15) is 0 Å². The second kappa shape index (κ2) is 6.44. The Bertz CT molecular complexity index is 765. The molecule has 2 aromatic rings. The molecule has 124 valence electrons. The summed E-state index contributed by atoms with van der Waals surface area (Å²) >= 11 is 6.10. The molecule has 0 amide bonds. The molecule has 24 heavy (non-hydrogen) atoms. The number of hydrogen-bond donors (Lipinski definition) is 2. The molecule has 1 aliphatic heterocycles. The summed E-state index contributed by atoms with van der Waals surface area (Å²) in [6, 6.07) is 12.0. The highest BCUT2D eigenvalue weighted by atomic mass is 35.5. The fraction of sp³-hybridized carbons (Fsp3) is 0.368. The first-order chi connectivity index (χ1) is 11.8. The summed E-state index contributed by atoms with van der Waals surface area (Å²) < 4.78 is 0. The summed E-state index contributed by atoms with van der Waals surface area (Å²) in [6.45, 7) is 0.713. The minimum Gasteiger partial charge on any atom is -0.370 e.